The van der Waals surface area contributed by atoms with Crippen molar-refractivity contribution in [2.24, 2.45) is 33.5 Å². The van der Waals surface area contributed by atoms with Gasteiger partial charge in [0, 0.05) is 53.7 Å². The molecular weight excluding hydrogens is 580 g/mol. The number of hydrogen-bond acceptors (Lipinski definition) is 6. The number of carbonyl (C=O) groups is 2. The molecule has 8 heteroatoms. The lowest BCUT2D eigenvalue weighted by Crippen LogP contribution is -2.67. The summed E-state index contributed by atoms with van der Waals surface area (Å²) in [5, 5.41) is 26.8. The van der Waals surface area contributed by atoms with E-state index in [1.54, 1.807) is 19.1 Å². The minimum atomic E-state index is -1.11. The Hall–Kier alpha value is -2.68. The molecule has 1 unspecified atom stereocenters. The average Bonchev–Trinajstić information content (AvgIpc) is 3.30. The predicted molar refractivity (Wildman–Crippen MR) is 178 cm³/mol. The highest BCUT2D eigenvalue weighted by Gasteiger charge is 2.74. The van der Waals surface area contributed by atoms with Gasteiger partial charge in [-0.2, -0.15) is 0 Å². The fraction of sp³-hybridized carbons (Fsp3) is 0.684. The molecule has 2 spiro atoms. The molecule has 0 aliphatic heterocycles. The highest BCUT2D eigenvalue weighted by molar-refractivity contribution is 6.10. The lowest BCUT2D eigenvalue weighted by atomic mass is 9.32. The lowest BCUT2D eigenvalue weighted by Gasteiger charge is -2.71. The van der Waals surface area contributed by atoms with Crippen LogP contribution in [0.3, 0.4) is 0 Å². The molecule has 0 radical (unpaired) electrons. The van der Waals surface area contributed by atoms with Crippen LogP contribution in [0.15, 0.2) is 48.1 Å². The molecule has 2 amide bonds. The fourth-order valence-corrected chi connectivity index (χ4v) is 10.8. The first-order valence-corrected chi connectivity index (χ1v) is 17.4. The summed E-state index contributed by atoms with van der Waals surface area (Å²) in [7, 11) is 3.28. The third-order valence-electron chi connectivity index (χ3n) is 13.2. The van der Waals surface area contributed by atoms with Crippen LogP contribution >= 0.6 is 0 Å². The van der Waals surface area contributed by atoms with Gasteiger partial charge in [0.1, 0.15) is 5.75 Å². The Balaban J connectivity index is 1.42. The van der Waals surface area contributed by atoms with Gasteiger partial charge in [-0.05, 0) is 107 Å². The molecule has 46 heavy (non-hydrogen) atoms. The molecule has 0 aromatic heterocycles. The second kappa shape index (κ2) is 11.8. The molecule has 8 nitrogen and oxygen atoms in total. The third-order valence-corrected chi connectivity index (χ3v) is 13.2. The van der Waals surface area contributed by atoms with Crippen molar-refractivity contribution in [3.63, 3.8) is 0 Å². The van der Waals surface area contributed by atoms with Gasteiger partial charge < -0.3 is 29.9 Å². The zero-order valence-corrected chi connectivity index (χ0v) is 28.6. The van der Waals surface area contributed by atoms with Gasteiger partial charge in [-0.25, -0.2) is 4.79 Å². The quantitative estimate of drug-likeness (QED) is 0.167. The summed E-state index contributed by atoms with van der Waals surface area (Å²) in [6, 6.07) is 7.20. The van der Waals surface area contributed by atoms with Crippen LogP contribution in [0.2, 0.25) is 0 Å². The molecule has 3 N–H and O–H groups in total. The number of fused-ring (bicyclic) bond motifs is 1. The molecule has 2 bridgehead atoms. The van der Waals surface area contributed by atoms with Crippen LogP contribution < -0.4 is 10.1 Å². The number of aliphatic hydroxyl groups excluding tert-OH is 1. The summed E-state index contributed by atoms with van der Waals surface area (Å²) in [5.41, 5.74) is -1.21. The number of hydrogen-bond donors (Lipinski definition) is 3. The van der Waals surface area contributed by atoms with Crippen molar-refractivity contribution in [3.8, 4) is 5.75 Å². The van der Waals surface area contributed by atoms with Crippen molar-refractivity contribution in [1.29, 1.82) is 0 Å². The smallest absolute Gasteiger partial charge is 0.317 e. The number of rotatable bonds is 10. The number of urea groups is 1. The molecule has 0 heterocycles. The predicted octanol–water partition coefficient (Wildman–Crippen LogP) is 5.93. The maximum atomic E-state index is 14.7. The van der Waals surface area contributed by atoms with Gasteiger partial charge in [-0.3, -0.25) is 4.79 Å². The monoisotopic (exact) mass is 634 g/mol. The van der Waals surface area contributed by atoms with E-state index in [0.717, 1.165) is 37.7 Å². The number of benzene rings is 1. The number of nitrogens with one attached hydrogen (secondary N) is 1. The Kier molecular flexibility index (Phi) is 8.51. The number of ether oxygens (including phenoxy) is 2. The van der Waals surface area contributed by atoms with E-state index in [-0.39, 0.29) is 47.1 Å². The molecule has 7 rings (SSSR count). The van der Waals surface area contributed by atoms with Crippen molar-refractivity contribution in [1.82, 2.24) is 10.2 Å². The maximum Gasteiger partial charge on any atom is 0.317 e. The van der Waals surface area contributed by atoms with Gasteiger partial charge >= 0.3 is 6.03 Å². The summed E-state index contributed by atoms with van der Waals surface area (Å²) < 4.78 is 10.7. The van der Waals surface area contributed by atoms with E-state index in [2.05, 4.69) is 37.4 Å². The van der Waals surface area contributed by atoms with Gasteiger partial charge in [0.15, 0.2) is 5.78 Å². The summed E-state index contributed by atoms with van der Waals surface area (Å²) in [5.74, 6) is 0.957. The summed E-state index contributed by atoms with van der Waals surface area (Å²) in [6.07, 6.45) is 12.5. The normalized spacial score (nSPS) is 38.9. The number of methoxy groups -OCH3 is 2. The SMILES string of the molecule is COCCCN(C[C@]1(O)CC[C@H]2[C@]34C=C[C@@]5(C=C3C(=O)c3ccc(OC)cc3)CC(O)CC[C@]5(C)[C@H]4CC[C@@]21C)C(=O)NC(C)C. The van der Waals surface area contributed by atoms with Crippen molar-refractivity contribution < 1.29 is 29.3 Å². The molecule has 0 saturated heterocycles. The first-order valence-electron chi connectivity index (χ1n) is 17.4. The molecule has 3 fully saturated rings. The number of amides is 2. The fourth-order valence-electron chi connectivity index (χ4n) is 10.8. The highest BCUT2D eigenvalue weighted by atomic mass is 16.5. The Bertz CT molecular complexity index is 1410. The molecule has 8 atom stereocenters. The largest absolute Gasteiger partial charge is 0.497 e. The number of allylic oxidation sites excluding steroid dienone is 4. The van der Waals surface area contributed by atoms with E-state index in [9.17, 15) is 19.8 Å². The zero-order chi connectivity index (χ0) is 33.1. The minimum absolute atomic E-state index is 0.0180. The van der Waals surface area contributed by atoms with Gasteiger partial charge in [0.2, 0.25) is 0 Å². The zero-order valence-electron chi connectivity index (χ0n) is 28.6. The molecule has 252 valence electrons. The number of Topliss-reactive ketones (excluding diaryl/α,β-unsaturated/α-hetero) is 1. The number of nitrogens with zero attached hydrogens (tertiary/aromatic N) is 1. The average molecular weight is 635 g/mol. The van der Waals surface area contributed by atoms with E-state index >= 15 is 0 Å². The van der Waals surface area contributed by atoms with Crippen LogP contribution in [-0.4, -0.2) is 78.6 Å². The van der Waals surface area contributed by atoms with Crippen LogP contribution in [-0.2, 0) is 4.74 Å². The van der Waals surface area contributed by atoms with Crippen molar-refractivity contribution in [2.45, 2.75) is 96.8 Å². The van der Waals surface area contributed by atoms with Crippen LogP contribution in [0, 0.1) is 33.5 Å². The van der Waals surface area contributed by atoms with Crippen LogP contribution in [0.5, 0.6) is 5.75 Å². The number of ketones is 1. The summed E-state index contributed by atoms with van der Waals surface area (Å²) >= 11 is 0. The Morgan fingerprint density at radius 3 is 2.35 bits per heavy atom. The number of aliphatic hydroxyl groups is 2. The van der Waals surface area contributed by atoms with Crippen LogP contribution in [0.4, 0.5) is 4.79 Å². The lowest BCUT2D eigenvalue weighted by molar-refractivity contribution is -0.174. The van der Waals surface area contributed by atoms with Crippen molar-refractivity contribution in [2.75, 3.05) is 33.9 Å². The van der Waals surface area contributed by atoms with Crippen LogP contribution in [0.1, 0.15) is 89.4 Å². The van der Waals surface area contributed by atoms with Gasteiger partial charge in [0.05, 0.1) is 25.4 Å². The third kappa shape index (κ3) is 4.80. The molecule has 1 aromatic carbocycles. The second-order valence-corrected chi connectivity index (χ2v) is 15.7. The maximum absolute atomic E-state index is 14.7. The molecule has 6 aliphatic carbocycles. The minimum Gasteiger partial charge on any atom is -0.497 e. The van der Waals surface area contributed by atoms with Gasteiger partial charge in [0.25, 0.3) is 0 Å². The van der Waals surface area contributed by atoms with Crippen molar-refractivity contribution >= 4 is 11.8 Å². The molecule has 6 aliphatic rings. The Labute approximate surface area is 274 Å². The standard InChI is InChI=1S/C38H54N2O6/c1-25(2)39-33(43)40(20-7-21-45-5)24-37(44)17-14-31-35(37,4)16-13-30-34(3)15-12-27(41)22-36(34)18-19-38(30,31)29(23-36)32(42)26-8-10-28(46-6)11-9-26/h8-11,18-19,23,25,27,30-31,41,44H,7,12-17,20-22,24H2,1-6H3,(H,39,43)/t27?,30-,31-,34-,35+,36+,37-,38-/m1/s1. The summed E-state index contributed by atoms with van der Waals surface area (Å²) in [4.78, 5) is 29.9. The molecule has 3 saturated carbocycles. The van der Waals surface area contributed by atoms with E-state index in [0.29, 0.717) is 43.7 Å². The first-order chi connectivity index (χ1) is 21.8. The van der Waals surface area contributed by atoms with Gasteiger partial charge in [-0.1, -0.05) is 32.1 Å². The Morgan fingerprint density at radius 2 is 1.67 bits per heavy atom. The first kappa shape index (κ1) is 33.2. The second-order valence-electron chi connectivity index (χ2n) is 15.7. The van der Waals surface area contributed by atoms with E-state index in [4.69, 9.17) is 9.47 Å². The summed E-state index contributed by atoms with van der Waals surface area (Å²) in [6.45, 7) is 9.78. The highest BCUT2D eigenvalue weighted by Crippen LogP contribution is 2.78. The van der Waals surface area contributed by atoms with E-state index in [1.807, 2.05) is 38.1 Å². The van der Waals surface area contributed by atoms with E-state index in [1.165, 1.54) is 0 Å². The number of carbonyl (C=O) groups excluding carboxylic acids is 2. The van der Waals surface area contributed by atoms with Crippen molar-refractivity contribution in [3.05, 3.63) is 53.6 Å². The Morgan fingerprint density at radius 1 is 1.00 bits per heavy atom. The molecule has 1 aromatic rings. The van der Waals surface area contributed by atoms with E-state index < -0.39 is 22.5 Å². The molecular formula is C38H54N2O6. The topological polar surface area (TPSA) is 108 Å². The van der Waals surface area contributed by atoms with Crippen LogP contribution in [0.25, 0.3) is 0 Å². The van der Waals surface area contributed by atoms with Gasteiger partial charge in [-0.15, -0.1) is 0 Å².